The first-order valence-electron chi connectivity index (χ1n) is 21.4. The zero-order chi connectivity index (χ0) is 45.3. The summed E-state index contributed by atoms with van der Waals surface area (Å²) in [7, 11) is 0. The van der Waals surface area contributed by atoms with Crippen molar-refractivity contribution in [2.75, 3.05) is 78.5 Å². The number of aromatic nitrogens is 4. The highest BCUT2D eigenvalue weighted by molar-refractivity contribution is 6.02. The molecule has 0 atom stereocenters. The van der Waals surface area contributed by atoms with E-state index in [9.17, 15) is 58.2 Å². The second kappa shape index (κ2) is 23.9. The Labute approximate surface area is 357 Å². The molecule has 2 saturated heterocycles. The lowest BCUT2D eigenvalue weighted by molar-refractivity contribution is -0.133. The topological polar surface area (TPSA) is 272 Å². The molecule has 62 heavy (non-hydrogen) atoms. The van der Waals surface area contributed by atoms with Gasteiger partial charge in [-0.2, -0.15) is 0 Å². The lowest BCUT2D eigenvalue weighted by atomic mass is 10.1. The maximum Gasteiger partial charge on any atom is 0.414 e. The van der Waals surface area contributed by atoms with Crippen LogP contribution in [0.3, 0.4) is 0 Å². The van der Waals surface area contributed by atoms with Gasteiger partial charge < -0.3 is 20.0 Å². The molecule has 4 heterocycles. The lowest BCUT2D eigenvalue weighted by Crippen LogP contribution is -2.49. The number of carbonyl (C=O) groups is 6. The van der Waals surface area contributed by atoms with Crippen molar-refractivity contribution >= 4 is 35.8 Å². The van der Waals surface area contributed by atoms with E-state index in [0.717, 1.165) is 63.8 Å². The Kier molecular flexibility index (Phi) is 18.8. The minimum atomic E-state index is -1.49. The number of imide groups is 2. The summed E-state index contributed by atoms with van der Waals surface area (Å²) in [6.07, 6.45) is 7.93. The summed E-state index contributed by atoms with van der Waals surface area (Å²) in [6, 6.07) is 0. The summed E-state index contributed by atoms with van der Waals surface area (Å²) < 4.78 is 2.37. The van der Waals surface area contributed by atoms with E-state index in [1.807, 2.05) is 9.80 Å². The van der Waals surface area contributed by atoms with Gasteiger partial charge in [0.15, 0.2) is 0 Å². The van der Waals surface area contributed by atoms with Crippen LogP contribution in [0.25, 0.3) is 0 Å². The molecule has 6 amide bonds. The van der Waals surface area contributed by atoms with Gasteiger partial charge in [0.25, 0.3) is 22.9 Å². The summed E-state index contributed by atoms with van der Waals surface area (Å²) >= 11 is 0. The number of nitrogens with zero attached hydrogens (tertiary/aromatic N) is 8. The highest BCUT2D eigenvalue weighted by Crippen LogP contribution is 2.14. The monoisotopic (exact) mass is 872 g/mol. The molecule has 342 valence electrons. The van der Waals surface area contributed by atoms with E-state index in [4.69, 9.17) is 0 Å². The Morgan fingerprint density at radius 3 is 1.15 bits per heavy atom. The van der Waals surface area contributed by atoms with Gasteiger partial charge in [0.1, 0.15) is 11.1 Å². The maximum atomic E-state index is 12.8. The quantitative estimate of drug-likeness (QED) is 0.125. The molecule has 2 aromatic rings. The molecule has 4 rings (SSSR count). The smallest absolute Gasteiger partial charge is 0.414 e. The largest absolute Gasteiger partial charge is 0.465 e. The molecular weight excluding hydrogens is 812 g/mol. The number of rotatable bonds is 21. The molecule has 2 aliphatic rings. The lowest BCUT2D eigenvalue weighted by Gasteiger charge is -2.35. The van der Waals surface area contributed by atoms with E-state index in [0.29, 0.717) is 88.1 Å². The molecule has 22 nitrogen and oxygen atoms in total. The van der Waals surface area contributed by atoms with Crippen molar-refractivity contribution in [3.63, 3.8) is 0 Å². The van der Waals surface area contributed by atoms with Crippen molar-refractivity contribution in [3.8, 4) is 0 Å². The van der Waals surface area contributed by atoms with Gasteiger partial charge >= 0.3 is 23.6 Å². The number of unbranched alkanes of at least 4 members (excludes halogenated alkanes) is 7. The van der Waals surface area contributed by atoms with Gasteiger partial charge in [0.05, 0.1) is 0 Å². The second-order valence-corrected chi connectivity index (χ2v) is 15.4. The van der Waals surface area contributed by atoms with Gasteiger partial charge in [-0.25, -0.2) is 29.0 Å². The minimum absolute atomic E-state index is 0.115. The standard InChI is InChI=1S/C40H60N10O12/c1-3-49(39(59)60)35(55)29-27-47(37(57)41-33(29)53)25-19-43-15-21-45(22-16-43)31(51)13-11-9-7-5-6-8-10-12-14-32(52)46-23-17-44(18-24-46)20-26-48-28-30(34(54)42-38(48)58)36(56)50(4-2)40(61)62/h27-28H,3-26H2,1-2H3,(H,59,60)(H,61,62)(H,41,53,57)(H,42,54,58). The Balaban J connectivity index is 1.02. The first-order valence-corrected chi connectivity index (χ1v) is 21.4. The molecule has 0 bridgehead atoms. The van der Waals surface area contributed by atoms with E-state index in [2.05, 4.69) is 19.8 Å². The number of carbonyl (C=O) groups excluding carboxylic acids is 4. The molecule has 0 saturated carbocycles. The SMILES string of the molecule is CCN(C(=O)O)C(=O)c1cn(CCN2CCN(C(=O)CCCCCCCCCCC(=O)N3CCN(CCn4cc(C(=O)N(CC)C(=O)O)c(=O)[nH]c4=O)CC3)CC2)c(=O)[nH]c1=O. The van der Waals surface area contributed by atoms with Gasteiger partial charge in [-0.3, -0.25) is 57.7 Å². The molecule has 0 aliphatic carbocycles. The number of nitrogens with one attached hydrogen (secondary N) is 2. The fourth-order valence-electron chi connectivity index (χ4n) is 7.55. The van der Waals surface area contributed by atoms with Crippen LogP contribution in [0.5, 0.6) is 0 Å². The predicted octanol–water partition coefficient (Wildman–Crippen LogP) is 0.556. The van der Waals surface area contributed by atoms with Crippen molar-refractivity contribution in [1.82, 2.24) is 48.5 Å². The first kappa shape index (κ1) is 48.8. The third kappa shape index (κ3) is 13.8. The fourth-order valence-corrected chi connectivity index (χ4v) is 7.55. The zero-order valence-electron chi connectivity index (χ0n) is 35.7. The van der Waals surface area contributed by atoms with Crippen LogP contribution in [0.1, 0.15) is 98.8 Å². The van der Waals surface area contributed by atoms with E-state index < -0.39 is 57.6 Å². The van der Waals surface area contributed by atoms with Gasteiger partial charge in [0.2, 0.25) is 11.8 Å². The molecular formula is C40H60N10O12. The molecule has 2 aromatic heterocycles. The number of carboxylic acid groups (broad SMARTS) is 2. The first-order chi connectivity index (χ1) is 29.6. The van der Waals surface area contributed by atoms with Crippen molar-refractivity contribution in [2.45, 2.75) is 91.1 Å². The normalized spacial score (nSPS) is 14.7. The maximum absolute atomic E-state index is 12.8. The molecule has 2 aliphatic heterocycles. The molecule has 0 radical (unpaired) electrons. The van der Waals surface area contributed by atoms with Crippen LogP contribution in [0.4, 0.5) is 9.59 Å². The Morgan fingerprint density at radius 1 is 0.516 bits per heavy atom. The van der Waals surface area contributed by atoms with Crippen LogP contribution < -0.4 is 22.5 Å². The van der Waals surface area contributed by atoms with Crippen LogP contribution in [0.2, 0.25) is 0 Å². The van der Waals surface area contributed by atoms with Crippen LogP contribution in [0, 0.1) is 0 Å². The number of hydrogen-bond acceptors (Lipinski definition) is 12. The van der Waals surface area contributed by atoms with E-state index in [1.165, 1.54) is 23.0 Å². The number of hydrogen-bond donors (Lipinski definition) is 4. The van der Waals surface area contributed by atoms with Gasteiger partial charge in [-0.05, 0) is 26.7 Å². The highest BCUT2D eigenvalue weighted by Gasteiger charge is 2.27. The highest BCUT2D eigenvalue weighted by atomic mass is 16.4. The van der Waals surface area contributed by atoms with Gasteiger partial charge in [0, 0.05) is 117 Å². The molecule has 0 aromatic carbocycles. The second-order valence-electron chi connectivity index (χ2n) is 15.4. The van der Waals surface area contributed by atoms with Crippen molar-refractivity contribution < 1.29 is 39.0 Å². The molecule has 0 spiro atoms. The van der Waals surface area contributed by atoms with Crippen molar-refractivity contribution in [3.05, 3.63) is 65.2 Å². The predicted molar refractivity (Wildman–Crippen MR) is 224 cm³/mol. The summed E-state index contributed by atoms with van der Waals surface area (Å²) in [4.78, 5) is 136. The third-order valence-electron chi connectivity index (χ3n) is 11.4. The van der Waals surface area contributed by atoms with Gasteiger partial charge in [-0.15, -0.1) is 0 Å². The summed E-state index contributed by atoms with van der Waals surface area (Å²) in [5.74, 6) is -1.77. The van der Waals surface area contributed by atoms with Crippen LogP contribution in [-0.4, -0.2) is 173 Å². The Morgan fingerprint density at radius 2 is 0.839 bits per heavy atom. The molecule has 0 unspecified atom stereocenters. The third-order valence-corrected chi connectivity index (χ3v) is 11.4. The summed E-state index contributed by atoms with van der Waals surface area (Å²) in [5.41, 5.74) is -4.15. The van der Waals surface area contributed by atoms with Crippen LogP contribution >= 0.6 is 0 Å². The molecule has 2 fully saturated rings. The number of aromatic amines is 2. The summed E-state index contributed by atoms with van der Waals surface area (Å²) in [5, 5.41) is 18.5. The van der Waals surface area contributed by atoms with E-state index in [1.54, 1.807) is 0 Å². The number of piperazine rings is 2. The zero-order valence-corrected chi connectivity index (χ0v) is 35.7. The van der Waals surface area contributed by atoms with E-state index >= 15 is 0 Å². The number of amides is 6. The van der Waals surface area contributed by atoms with Crippen LogP contribution in [0.15, 0.2) is 31.6 Å². The Bertz CT molecular complexity index is 1980. The summed E-state index contributed by atoms with van der Waals surface area (Å²) in [6.45, 7) is 8.50. The molecule has 4 N–H and O–H groups in total. The average molecular weight is 873 g/mol. The van der Waals surface area contributed by atoms with Gasteiger partial charge in [-0.1, -0.05) is 38.5 Å². The van der Waals surface area contributed by atoms with Crippen molar-refractivity contribution in [2.24, 2.45) is 0 Å². The van der Waals surface area contributed by atoms with Crippen LogP contribution in [-0.2, 0) is 22.7 Å². The van der Waals surface area contributed by atoms with Crippen molar-refractivity contribution in [1.29, 1.82) is 0 Å². The minimum Gasteiger partial charge on any atom is -0.465 e. The molecule has 22 heteroatoms. The Hall–Kier alpha value is -5.90. The average Bonchev–Trinajstić information content (AvgIpc) is 3.24. The fraction of sp³-hybridized carbons (Fsp3) is 0.650. The van der Waals surface area contributed by atoms with E-state index in [-0.39, 0.29) is 38.0 Å². The number of H-pyrrole nitrogens is 2.